The molecule has 90 valence electrons. The number of aromatic hydroxyl groups is 1. The highest BCUT2D eigenvalue weighted by Crippen LogP contribution is 2.29. The smallest absolute Gasteiger partial charge is 0.184 e. The Balaban J connectivity index is 2.27. The highest BCUT2D eigenvalue weighted by Gasteiger charge is 2.10. The van der Waals surface area contributed by atoms with Gasteiger partial charge in [0.2, 0.25) is 0 Å². The topological polar surface area (TPSA) is 87.8 Å². The van der Waals surface area contributed by atoms with Gasteiger partial charge in [0.15, 0.2) is 5.82 Å². The molecular formula is C11H13BrN4O. The van der Waals surface area contributed by atoms with E-state index in [9.17, 15) is 5.11 Å². The zero-order chi connectivity index (χ0) is 12.3. The van der Waals surface area contributed by atoms with Crippen LogP contribution in [0.2, 0.25) is 0 Å². The van der Waals surface area contributed by atoms with Crippen LogP contribution in [-0.4, -0.2) is 26.8 Å². The van der Waals surface area contributed by atoms with Gasteiger partial charge in [-0.3, -0.25) is 5.10 Å². The molecule has 1 heterocycles. The van der Waals surface area contributed by atoms with Crippen LogP contribution in [0.4, 0.5) is 0 Å². The Morgan fingerprint density at radius 3 is 3.00 bits per heavy atom. The molecule has 1 aromatic heterocycles. The van der Waals surface area contributed by atoms with E-state index in [0.29, 0.717) is 17.9 Å². The summed E-state index contributed by atoms with van der Waals surface area (Å²) in [6.07, 6.45) is 1.62. The lowest BCUT2D eigenvalue weighted by Gasteiger charge is -2.00. The summed E-state index contributed by atoms with van der Waals surface area (Å²) in [5.74, 6) is 1.44. The van der Waals surface area contributed by atoms with Crippen LogP contribution in [0.15, 0.2) is 22.7 Å². The number of aromatic nitrogens is 3. The molecule has 1 aromatic carbocycles. The van der Waals surface area contributed by atoms with Gasteiger partial charge in [0.1, 0.15) is 11.6 Å². The molecule has 0 aliphatic carbocycles. The number of hydrogen-bond donors (Lipinski definition) is 3. The van der Waals surface area contributed by atoms with E-state index < -0.39 is 0 Å². The average Bonchev–Trinajstić information content (AvgIpc) is 2.78. The van der Waals surface area contributed by atoms with E-state index in [4.69, 9.17) is 5.73 Å². The van der Waals surface area contributed by atoms with Crippen molar-refractivity contribution in [3.63, 3.8) is 0 Å². The quantitative estimate of drug-likeness (QED) is 0.803. The maximum absolute atomic E-state index is 9.74. The molecule has 0 amide bonds. The third-order valence-corrected chi connectivity index (χ3v) is 2.84. The first kappa shape index (κ1) is 12.1. The maximum Gasteiger partial charge on any atom is 0.184 e. The fourth-order valence-corrected chi connectivity index (χ4v) is 1.85. The monoisotopic (exact) mass is 296 g/mol. The van der Waals surface area contributed by atoms with E-state index in [1.807, 2.05) is 0 Å². The number of nitrogens with two attached hydrogens (primary N) is 1. The lowest BCUT2D eigenvalue weighted by molar-refractivity contribution is 0.477. The van der Waals surface area contributed by atoms with Crippen molar-refractivity contribution in [3.05, 3.63) is 28.5 Å². The molecule has 0 aliphatic heterocycles. The molecular weight excluding hydrogens is 284 g/mol. The van der Waals surface area contributed by atoms with Crippen LogP contribution in [0.3, 0.4) is 0 Å². The second-order valence-corrected chi connectivity index (χ2v) is 4.58. The number of phenolic OH excluding ortho intramolecular Hbond substituents is 1. The Morgan fingerprint density at radius 2 is 2.24 bits per heavy atom. The molecule has 17 heavy (non-hydrogen) atoms. The predicted octanol–water partition coefficient (Wildman–Crippen LogP) is 1.83. The molecule has 5 nitrogen and oxygen atoms in total. The highest BCUT2D eigenvalue weighted by atomic mass is 79.9. The van der Waals surface area contributed by atoms with Crippen molar-refractivity contribution >= 4 is 15.9 Å². The first-order valence-electron chi connectivity index (χ1n) is 5.31. The van der Waals surface area contributed by atoms with Crippen LogP contribution in [0.5, 0.6) is 5.75 Å². The summed E-state index contributed by atoms with van der Waals surface area (Å²) < 4.78 is 0.874. The normalized spacial score (nSPS) is 10.7. The summed E-state index contributed by atoms with van der Waals surface area (Å²) in [5.41, 5.74) is 6.04. The molecule has 4 N–H and O–H groups in total. The number of H-pyrrole nitrogens is 1. The third-order valence-electron chi connectivity index (χ3n) is 2.35. The molecule has 0 bridgehead atoms. The lowest BCUT2D eigenvalue weighted by atomic mass is 10.2. The largest absolute Gasteiger partial charge is 0.507 e. The minimum absolute atomic E-state index is 0.164. The number of hydrogen-bond acceptors (Lipinski definition) is 4. The van der Waals surface area contributed by atoms with Gasteiger partial charge in [-0.05, 0) is 31.2 Å². The van der Waals surface area contributed by atoms with Crippen LogP contribution >= 0.6 is 15.9 Å². The summed E-state index contributed by atoms with van der Waals surface area (Å²) in [5, 5.41) is 16.7. The number of nitrogens with zero attached hydrogens (tertiary/aromatic N) is 2. The van der Waals surface area contributed by atoms with Crippen molar-refractivity contribution in [2.45, 2.75) is 12.8 Å². The zero-order valence-electron chi connectivity index (χ0n) is 9.15. The predicted molar refractivity (Wildman–Crippen MR) is 68.6 cm³/mol. The molecule has 0 aliphatic rings. The number of aryl methyl sites for hydroxylation is 1. The highest BCUT2D eigenvalue weighted by molar-refractivity contribution is 9.10. The first-order chi connectivity index (χ1) is 8.20. The molecule has 0 saturated carbocycles. The molecule has 0 saturated heterocycles. The van der Waals surface area contributed by atoms with E-state index in [1.54, 1.807) is 18.2 Å². The summed E-state index contributed by atoms with van der Waals surface area (Å²) in [7, 11) is 0. The van der Waals surface area contributed by atoms with Gasteiger partial charge in [-0.1, -0.05) is 15.9 Å². The fraction of sp³-hybridized carbons (Fsp3) is 0.273. The average molecular weight is 297 g/mol. The third kappa shape index (κ3) is 2.83. The summed E-state index contributed by atoms with van der Waals surface area (Å²) >= 11 is 3.35. The fourth-order valence-electron chi connectivity index (χ4n) is 1.48. The Labute approximate surface area is 107 Å². The SMILES string of the molecule is NCCCc1nc(-c2cc(Br)ccc2O)n[nH]1. The van der Waals surface area contributed by atoms with Gasteiger partial charge in [0.25, 0.3) is 0 Å². The van der Waals surface area contributed by atoms with Gasteiger partial charge < -0.3 is 10.8 Å². The molecule has 6 heteroatoms. The lowest BCUT2D eigenvalue weighted by Crippen LogP contribution is -2.01. The van der Waals surface area contributed by atoms with Crippen molar-refractivity contribution in [3.8, 4) is 17.1 Å². The zero-order valence-corrected chi connectivity index (χ0v) is 10.7. The maximum atomic E-state index is 9.74. The van der Waals surface area contributed by atoms with Crippen molar-refractivity contribution in [1.29, 1.82) is 0 Å². The van der Waals surface area contributed by atoms with Crippen molar-refractivity contribution in [1.82, 2.24) is 15.2 Å². The molecule has 0 unspecified atom stereocenters. The van der Waals surface area contributed by atoms with E-state index >= 15 is 0 Å². The first-order valence-corrected chi connectivity index (χ1v) is 6.10. The number of benzene rings is 1. The van der Waals surface area contributed by atoms with Crippen LogP contribution in [0.25, 0.3) is 11.4 Å². The number of halogens is 1. The van der Waals surface area contributed by atoms with Gasteiger partial charge in [-0.15, -0.1) is 0 Å². The minimum atomic E-state index is 0.164. The Kier molecular flexibility index (Phi) is 3.75. The molecule has 0 radical (unpaired) electrons. The second kappa shape index (κ2) is 5.29. The van der Waals surface area contributed by atoms with E-state index in [0.717, 1.165) is 23.1 Å². The molecule has 2 aromatic rings. The summed E-state index contributed by atoms with van der Waals surface area (Å²) in [4.78, 5) is 4.32. The molecule has 0 atom stereocenters. The van der Waals surface area contributed by atoms with E-state index in [-0.39, 0.29) is 5.75 Å². The molecule has 2 rings (SSSR count). The molecule has 0 fully saturated rings. The van der Waals surface area contributed by atoms with Crippen LogP contribution in [0.1, 0.15) is 12.2 Å². The van der Waals surface area contributed by atoms with Crippen molar-refractivity contribution < 1.29 is 5.11 Å². The van der Waals surface area contributed by atoms with Crippen molar-refractivity contribution in [2.24, 2.45) is 5.73 Å². The van der Waals surface area contributed by atoms with Crippen LogP contribution < -0.4 is 5.73 Å². The number of phenols is 1. The van der Waals surface area contributed by atoms with Gasteiger partial charge in [0.05, 0.1) is 5.56 Å². The minimum Gasteiger partial charge on any atom is -0.507 e. The van der Waals surface area contributed by atoms with E-state index in [2.05, 4.69) is 31.1 Å². The Bertz CT molecular complexity index is 512. The van der Waals surface area contributed by atoms with Gasteiger partial charge in [-0.2, -0.15) is 5.10 Å². The Hall–Kier alpha value is -1.40. The van der Waals surface area contributed by atoms with Gasteiger partial charge >= 0.3 is 0 Å². The van der Waals surface area contributed by atoms with Crippen LogP contribution in [-0.2, 0) is 6.42 Å². The van der Waals surface area contributed by atoms with Gasteiger partial charge in [-0.25, -0.2) is 4.98 Å². The van der Waals surface area contributed by atoms with Crippen molar-refractivity contribution in [2.75, 3.05) is 6.54 Å². The summed E-state index contributed by atoms with van der Waals surface area (Å²) in [6.45, 7) is 0.623. The summed E-state index contributed by atoms with van der Waals surface area (Å²) in [6, 6.07) is 5.15. The number of nitrogens with one attached hydrogen (secondary N) is 1. The molecule has 0 spiro atoms. The van der Waals surface area contributed by atoms with Crippen LogP contribution in [0, 0.1) is 0 Å². The number of rotatable bonds is 4. The number of aromatic amines is 1. The second-order valence-electron chi connectivity index (χ2n) is 3.66. The van der Waals surface area contributed by atoms with Gasteiger partial charge in [0, 0.05) is 10.9 Å². The van der Waals surface area contributed by atoms with E-state index in [1.165, 1.54) is 0 Å². The Morgan fingerprint density at radius 1 is 1.41 bits per heavy atom. The standard InChI is InChI=1S/C11H13BrN4O/c12-7-3-4-9(17)8(6-7)11-14-10(15-16-11)2-1-5-13/h3-4,6,17H,1-2,5,13H2,(H,14,15,16).